The summed E-state index contributed by atoms with van der Waals surface area (Å²) in [5.41, 5.74) is -1.44. The van der Waals surface area contributed by atoms with Gasteiger partial charge >= 0.3 is 12.5 Å². The molecule has 1 aromatic rings. The minimum absolute atomic E-state index is 0.164. The maximum atomic E-state index is 12.1. The van der Waals surface area contributed by atoms with E-state index in [1.54, 1.807) is 0 Å². The van der Waals surface area contributed by atoms with Crippen molar-refractivity contribution in [2.45, 2.75) is 12.5 Å². The molecule has 0 spiro atoms. The second-order valence-corrected chi connectivity index (χ2v) is 3.69. The van der Waals surface area contributed by atoms with E-state index in [0.717, 1.165) is 6.07 Å². The van der Waals surface area contributed by atoms with Crippen LogP contribution in [-0.2, 0) is 6.18 Å². The first-order valence-electron chi connectivity index (χ1n) is 3.59. The predicted octanol–water partition coefficient (Wildman–Crippen LogP) is 3.60. The lowest BCUT2D eigenvalue weighted by Gasteiger charge is -2.11. The average molecular weight is 357 g/mol. The molecule has 1 rings (SSSR count). The zero-order valence-electron chi connectivity index (χ0n) is 7.16. The molecule has 0 atom stereocenters. The molecule has 0 amide bonds. The predicted molar refractivity (Wildman–Crippen MR) is 48.6 cm³/mol. The fraction of sp³-hybridized carbons (Fsp3) is 0.286. The Bertz CT molecular complexity index is 387. The monoisotopic (exact) mass is 357 g/mol. The molecule has 16 heavy (non-hydrogen) atoms. The Kier molecular flexibility index (Phi) is 3.55. The lowest BCUT2D eigenvalue weighted by molar-refractivity contribution is -0.276. The minimum atomic E-state index is -5.07. The molecule has 0 saturated carbocycles. The van der Waals surface area contributed by atoms with E-state index in [9.17, 15) is 26.3 Å². The van der Waals surface area contributed by atoms with Crippen LogP contribution in [0.5, 0.6) is 5.88 Å². The van der Waals surface area contributed by atoms with Crippen molar-refractivity contribution in [3.05, 3.63) is 21.4 Å². The molecule has 0 aromatic carbocycles. The van der Waals surface area contributed by atoms with E-state index in [4.69, 9.17) is 0 Å². The molecule has 0 bridgehead atoms. The molecule has 0 N–H and O–H groups in total. The summed E-state index contributed by atoms with van der Waals surface area (Å²) in [6.07, 6.45) is -9.88. The summed E-state index contributed by atoms with van der Waals surface area (Å²) in [4.78, 5) is 2.75. The molecule has 0 aliphatic rings. The largest absolute Gasteiger partial charge is 0.574 e. The molecular formula is C7H2F6INO. The lowest BCUT2D eigenvalue weighted by atomic mass is 10.3. The second kappa shape index (κ2) is 4.26. The maximum Gasteiger partial charge on any atom is 0.574 e. The smallest absolute Gasteiger partial charge is 0.387 e. The molecule has 1 aromatic heterocycles. The molecular weight excluding hydrogens is 355 g/mol. The minimum Gasteiger partial charge on any atom is -0.387 e. The number of alkyl halides is 6. The molecule has 0 unspecified atom stereocenters. The van der Waals surface area contributed by atoms with Crippen molar-refractivity contribution >= 4 is 22.6 Å². The van der Waals surface area contributed by atoms with Crippen LogP contribution in [-0.4, -0.2) is 11.3 Å². The van der Waals surface area contributed by atoms with Crippen LogP contribution in [0.15, 0.2) is 12.1 Å². The van der Waals surface area contributed by atoms with Gasteiger partial charge < -0.3 is 4.74 Å². The van der Waals surface area contributed by atoms with Gasteiger partial charge in [-0.1, -0.05) is 0 Å². The third-order valence-corrected chi connectivity index (χ3v) is 2.14. The Balaban J connectivity index is 3.10. The summed E-state index contributed by atoms with van der Waals surface area (Å²) in [6, 6.07) is 1.42. The van der Waals surface area contributed by atoms with Gasteiger partial charge in [0.2, 0.25) is 5.88 Å². The van der Waals surface area contributed by atoms with Crippen LogP contribution in [0.3, 0.4) is 0 Å². The third kappa shape index (κ3) is 3.68. The molecule has 0 aliphatic heterocycles. The highest BCUT2D eigenvalue weighted by molar-refractivity contribution is 14.1. The maximum absolute atomic E-state index is 12.1. The van der Waals surface area contributed by atoms with Crippen LogP contribution in [0.25, 0.3) is 0 Å². The van der Waals surface area contributed by atoms with Crippen LogP contribution in [0.1, 0.15) is 5.69 Å². The Labute approximate surface area is 98.7 Å². The molecule has 0 saturated heterocycles. The van der Waals surface area contributed by atoms with Gasteiger partial charge in [0.05, 0.1) is 3.57 Å². The van der Waals surface area contributed by atoms with Crippen molar-refractivity contribution in [2.75, 3.05) is 0 Å². The summed E-state index contributed by atoms with van der Waals surface area (Å²) < 4.78 is 75.0. The van der Waals surface area contributed by atoms with Crippen molar-refractivity contribution in [1.29, 1.82) is 0 Å². The van der Waals surface area contributed by atoms with Crippen LogP contribution >= 0.6 is 22.6 Å². The van der Waals surface area contributed by atoms with E-state index in [-0.39, 0.29) is 3.57 Å². The zero-order chi connectivity index (χ0) is 12.6. The van der Waals surface area contributed by atoms with Gasteiger partial charge in [-0.25, -0.2) is 4.98 Å². The molecule has 0 radical (unpaired) electrons. The van der Waals surface area contributed by atoms with E-state index in [2.05, 4.69) is 9.72 Å². The van der Waals surface area contributed by atoms with Crippen molar-refractivity contribution in [3.8, 4) is 5.88 Å². The number of hydrogen-bond donors (Lipinski definition) is 0. The summed E-state index contributed by atoms with van der Waals surface area (Å²) in [5, 5.41) is 0. The van der Waals surface area contributed by atoms with Crippen LogP contribution in [0.2, 0.25) is 0 Å². The first-order chi connectivity index (χ1) is 7.09. The number of aromatic nitrogens is 1. The summed E-state index contributed by atoms with van der Waals surface area (Å²) in [5.74, 6) is -1.11. The van der Waals surface area contributed by atoms with Crippen molar-refractivity contribution in [3.63, 3.8) is 0 Å². The highest BCUT2D eigenvalue weighted by Crippen LogP contribution is 2.32. The van der Waals surface area contributed by atoms with E-state index in [1.165, 1.54) is 22.6 Å². The van der Waals surface area contributed by atoms with Crippen molar-refractivity contribution in [1.82, 2.24) is 4.98 Å². The first-order valence-corrected chi connectivity index (χ1v) is 4.67. The fourth-order valence-electron chi connectivity index (χ4n) is 0.763. The van der Waals surface area contributed by atoms with Gasteiger partial charge in [-0.05, 0) is 34.7 Å². The molecule has 0 fully saturated rings. The standard InChI is InChI=1S/C7H2F6INO/c8-6(9,10)4-2-1-3(14)5(15-4)16-7(11,12)13/h1-2H. The normalized spacial score (nSPS) is 12.7. The number of ether oxygens (including phenoxy) is 1. The fourth-order valence-corrected chi connectivity index (χ4v) is 1.17. The first kappa shape index (κ1) is 13.3. The van der Waals surface area contributed by atoms with Gasteiger partial charge in [0.25, 0.3) is 0 Å². The topological polar surface area (TPSA) is 22.1 Å². The van der Waals surface area contributed by atoms with Gasteiger partial charge in [0.15, 0.2) is 0 Å². The van der Waals surface area contributed by atoms with Gasteiger partial charge in [0, 0.05) is 0 Å². The van der Waals surface area contributed by atoms with Crippen LogP contribution < -0.4 is 4.74 Å². The Morgan fingerprint density at radius 2 is 1.62 bits per heavy atom. The molecule has 1 heterocycles. The van der Waals surface area contributed by atoms with Crippen molar-refractivity contribution in [2.24, 2.45) is 0 Å². The van der Waals surface area contributed by atoms with Crippen LogP contribution in [0.4, 0.5) is 26.3 Å². The Hall–Kier alpha value is -0.740. The molecule has 90 valence electrons. The quantitative estimate of drug-likeness (QED) is 0.566. The number of hydrogen-bond acceptors (Lipinski definition) is 2. The zero-order valence-corrected chi connectivity index (χ0v) is 9.31. The Morgan fingerprint density at radius 1 is 1.06 bits per heavy atom. The average Bonchev–Trinajstić information content (AvgIpc) is 2.04. The summed E-state index contributed by atoms with van der Waals surface area (Å²) in [6.45, 7) is 0. The van der Waals surface area contributed by atoms with Crippen LogP contribution in [0, 0.1) is 3.57 Å². The number of rotatable bonds is 1. The number of halogens is 7. The van der Waals surface area contributed by atoms with Gasteiger partial charge in [-0.3, -0.25) is 0 Å². The molecule has 2 nitrogen and oxygen atoms in total. The highest BCUT2D eigenvalue weighted by Gasteiger charge is 2.36. The summed E-state index contributed by atoms with van der Waals surface area (Å²) >= 11 is 1.39. The van der Waals surface area contributed by atoms with Crippen molar-refractivity contribution < 1.29 is 31.1 Å². The Morgan fingerprint density at radius 3 is 2.06 bits per heavy atom. The lowest BCUT2D eigenvalue weighted by Crippen LogP contribution is -2.20. The second-order valence-electron chi connectivity index (χ2n) is 2.53. The van der Waals surface area contributed by atoms with E-state index in [1.807, 2.05) is 0 Å². The number of nitrogens with zero attached hydrogens (tertiary/aromatic N) is 1. The van der Waals surface area contributed by atoms with E-state index in [0.29, 0.717) is 6.07 Å². The van der Waals surface area contributed by atoms with E-state index < -0.39 is 24.1 Å². The third-order valence-electron chi connectivity index (χ3n) is 1.32. The van der Waals surface area contributed by atoms with Gasteiger partial charge in [-0.15, -0.1) is 13.2 Å². The van der Waals surface area contributed by atoms with E-state index >= 15 is 0 Å². The van der Waals surface area contributed by atoms with Gasteiger partial charge in [-0.2, -0.15) is 13.2 Å². The summed E-state index contributed by atoms with van der Waals surface area (Å²) in [7, 11) is 0. The highest BCUT2D eigenvalue weighted by atomic mass is 127. The molecule has 9 heteroatoms. The number of pyridine rings is 1. The molecule has 0 aliphatic carbocycles. The van der Waals surface area contributed by atoms with Gasteiger partial charge in [0.1, 0.15) is 5.69 Å². The SMILES string of the molecule is FC(F)(F)Oc1nc(C(F)(F)F)ccc1I.